The van der Waals surface area contributed by atoms with E-state index in [2.05, 4.69) is 5.32 Å². The second-order valence-corrected chi connectivity index (χ2v) is 5.38. The van der Waals surface area contributed by atoms with E-state index in [1.165, 1.54) is 19.1 Å². The number of carbonyl (C=O) groups is 3. The largest absolute Gasteiger partial charge is 0.456 e. The first-order valence-electron chi connectivity index (χ1n) is 7.14. The molecule has 0 aliphatic carbocycles. The number of alkyl carbamates (subject to hydrolysis) is 1. The Bertz CT molecular complexity index is 712. The van der Waals surface area contributed by atoms with Gasteiger partial charge in [-0.25, -0.2) is 4.79 Å². The van der Waals surface area contributed by atoms with Crippen LogP contribution >= 0.6 is 11.6 Å². The van der Waals surface area contributed by atoms with Crippen LogP contribution in [0.1, 0.15) is 26.3 Å². The molecule has 0 radical (unpaired) electrons. The van der Waals surface area contributed by atoms with Gasteiger partial charge in [0, 0.05) is 17.5 Å². The molecule has 0 spiro atoms. The van der Waals surface area contributed by atoms with E-state index in [0.29, 0.717) is 10.6 Å². The first-order chi connectivity index (χ1) is 11.3. The third-order valence-electron chi connectivity index (χ3n) is 3.20. The summed E-state index contributed by atoms with van der Waals surface area (Å²) in [4.78, 5) is 36.0. The van der Waals surface area contributed by atoms with E-state index in [4.69, 9.17) is 25.8 Å². The Morgan fingerprint density at radius 2 is 1.92 bits per heavy atom. The van der Waals surface area contributed by atoms with Gasteiger partial charge >= 0.3 is 12.1 Å². The fourth-order valence-electron chi connectivity index (χ4n) is 2.24. The van der Waals surface area contributed by atoms with E-state index < -0.39 is 23.6 Å². The molecule has 0 saturated heterocycles. The van der Waals surface area contributed by atoms with E-state index in [1.54, 1.807) is 19.1 Å². The Morgan fingerprint density at radius 3 is 2.46 bits per heavy atom. The van der Waals surface area contributed by atoms with E-state index >= 15 is 0 Å². The van der Waals surface area contributed by atoms with Crippen LogP contribution in [0.2, 0.25) is 5.02 Å². The number of Topliss-reactive ketones (excluding diaryl/α,β-unsaturated/α-hetero) is 1. The molecule has 128 valence electrons. The van der Waals surface area contributed by atoms with E-state index in [0.717, 1.165) is 6.92 Å². The van der Waals surface area contributed by atoms with Gasteiger partial charge in [-0.3, -0.25) is 14.9 Å². The molecule has 1 unspecified atom stereocenters. The topological polar surface area (TPSA) is 90.9 Å². The zero-order valence-electron chi connectivity index (χ0n) is 13.3. The number of esters is 1. The minimum absolute atomic E-state index is 0.0712. The van der Waals surface area contributed by atoms with Gasteiger partial charge in [0.2, 0.25) is 5.76 Å². The second-order valence-electron chi connectivity index (χ2n) is 4.94. The fourth-order valence-corrected chi connectivity index (χ4v) is 2.37. The molecule has 1 aliphatic rings. The number of allylic oxidation sites excluding steroid dienone is 1. The summed E-state index contributed by atoms with van der Waals surface area (Å²) in [6.45, 7) is 4.36. The van der Waals surface area contributed by atoms with Crippen molar-refractivity contribution in [3.8, 4) is 0 Å². The van der Waals surface area contributed by atoms with Crippen molar-refractivity contribution in [2.45, 2.75) is 26.5 Å². The average Bonchev–Trinajstić information content (AvgIpc) is 2.73. The molecule has 1 atom stereocenters. The highest BCUT2D eigenvalue weighted by atomic mass is 35.5. The Morgan fingerprint density at radius 1 is 1.29 bits per heavy atom. The normalized spacial score (nSPS) is 19.8. The lowest BCUT2D eigenvalue weighted by atomic mass is 9.98. The number of amides is 1. The Kier molecular flexibility index (Phi) is 5.14. The lowest BCUT2D eigenvalue weighted by Gasteiger charge is -2.28. The zero-order chi connectivity index (χ0) is 17.9. The zero-order valence-corrected chi connectivity index (χ0v) is 14.1. The summed E-state index contributed by atoms with van der Waals surface area (Å²) in [6, 6.07) is 6.13. The van der Waals surface area contributed by atoms with Crippen molar-refractivity contribution in [3.63, 3.8) is 0 Å². The standard InChI is InChI=1S/C16H16ClNO6/c1-4-22-15(21)18-16(11-5-7-12(17)8-6-11)14(20)13(9(2)24-16)23-10(3)19/h5-8H,4H2,1-3H3,(H,18,21). The smallest absolute Gasteiger partial charge is 0.410 e. The van der Waals surface area contributed by atoms with Gasteiger partial charge in [0.25, 0.3) is 11.5 Å². The molecule has 1 aromatic rings. The number of halogens is 1. The van der Waals surface area contributed by atoms with E-state index in [-0.39, 0.29) is 18.1 Å². The SMILES string of the molecule is CCOC(=O)NC1(c2ccc(Cl)cc2)OC(C)=C(OC(C)=O)C1=O. The van der Waals surface area contributed by atoms with Crippen molar-refractivity contribution < 1.29 is 28.6 Å². The van der Waals surface area contributed by atoms with Crippen LogP contribution in [-0.4, -0.2) is 24.5 Å². The highest BCUT2D eigenvalue weighted by Gasteiger charge is 2.53. The van der Waals surface area contributed by atoms with Crippen molar-refractivity contribution in [2.75, 3.05) is 6.61 Å². The average molecular weight is 354 g/mol. The van der Waals surface area contributed by atoms with Crippen LogP contribution in [0, 0.1) is 0 Å². The van der Waals surface area contributed by atoms with Crippen LogP contribution in [0.4, 0.5) is 4.79 Å². The fraction of sp³-hybridized carbons (Fsp3) is 0.312. The molecule has 0 aromatic heterocycles. The number of rotatable bonds is 4. The molecule has 7 nitrogen and oxygen atoms in total. The van der Waals surface area contributed by atoms with Crippen molar-refractivity contribution in [1.29, 1.82) is 0 Å². The predicted molar refractivity (Wildman–Crippen MR) is 83.8 cm³/mol. The Balaban J connectivity index is 2.46. The maximum Gasteiger partial charge on any atom is 0.410 e. The molecule has 1 amide bonds. The predicted octanol–water partition coefficient (Wildman–Crippen LogP) is 2.63. The maximum absolute atomic E-state index is 12.8. The number of carbonyl (C=O) groups excluding carboxylic acids is 3. The first-order valence-corrected chi connectivity index (χ1v) is 7.52. The second kappa shape index (κ2) is 6.92. The minimum Gasteiger partial charge on any atom is -0.456 e. The first kappa shape index (κ1) is 17.8. The summed E-state index contributed by atoms with van der Waals surface area (Å²) in [6.07, 6.45) is -0.849. The van der Waals surface area contributed by atoms with Gasteiger partial charge in [0.05, 0.1) is 6.61 Å². The van der Waals surface area contributed by atoms with Crippen molar-refractivity contribution in [2.24, 2.45) is 0 Å². The number of nitrogens with one attached hydrogen (secondary N) is 1. The molecule has 1 aromatic carbocycles. The molecule has 2 rings (SSSR count). The molecule has 8 heteroatoms. The summed E-state index contributed by atoms with van der Waals surface area (Å²) in [7, 11) is 0. The van der Waals surface area contributed by atoms with Gasteiger partial charge in [-0.1, -0.05) is 23.7 Å². The quantitative estimate of drug-likeness (QED) is 0.837. The number of ketones is 1. The minimum atomic E-state index is -1.88. The van der Waals surface area contributed by atoms with E-state index in [9.17, 15) is 14.4 Å². The number of benzene rings is 1. The maximum atomic E-state index is 12.8. The third-order valence-corrected chi connectivity index (χ3v) is 3.45. The summed E-state index contributed by atoms with van der Waals surface area (Å²) >= 11 is 5.86. The number of hydrogen-bond donors (Lipinski definition) is 1. The van der Waals surface area contributed by atoms with Gasteiger partial charge in [0.1, 0.15) is 5.76 Å². The lowest BCUT2D eigenvalue weighted by Crippen LogP contribution is -2.51. The van der Waals surface area contributed by atoms with Crippen LogP contribution in [0.15, 0.2) is 35.8 Å². The summed E-state index contributed by atoms with van der Waals surface area (Å²) in [5.41, 5.74) is -1.57. The Labute approximate surface area is 143 Å². The molecule has 0 fully saturated rings. The van der Waals surface area contributed by atoms with Gasteiger partial charge < -0.3 is 14.2 Å². The Hall–Kier alpha value is -2.54. The number of hydrogen-bond acceptors (Lipinski definition) is 6. The molecule has 1 heterocycles. The van der Waals surface area contributed by atoms with Crippen LogP contribution in [-0.2, 0) is 29.5 Å². The monoisotopic (exact) mass is 353 g/mol. The van der Waals surface area contributed by atoms with Gasteiger partial charge in [0.15, 0.2) is 0 Å². The van der Waals surface area contributed by atoms with E-state index in [1.807, 2.05) is 0 Å². The van der Waals surface area contributed by atoms with Gasteiger partial charge in [-0.15, -0.1) is 0 Å². The highest BCUT2D eigenvalue weighted by Crippen LogP contribution is 2.38. The van der Waals surface area contributed by atoms with Gasteiger partial charge in [-0.2, -0.15) is 0 Å². The van der Waals surface area contributed by atoms with Crippen molar-refractivity contribution in [3.05, 3.63) is 46.4 Å². The number of ether oxygens (including phenoxy) is 3. The van der Waals surface area contributed by atoms with Gasteiger partial charge in [-0.05, 0) is 26.0 Å². The summed E-state index contributed by atoms with van der Waals surface area (Å²) < 4.78 is 15.4. The molecule has 0 bridgehead atoms. The third kappa shape index (κ3) is 3.35. The molecule has 0 saturated carbocycles. The highest BCUT2D eigenvalue weighted by molar-refractivity contribution is 6.30. The molecule has 1 N–H and O–H groups in total. The molecular weight excluding hydrogens is 338 g/mol. The summed E-state index contributed by atoms with van der Waals surface area (Å²) in [5.74, 6) is -1.59. The van der Waals surface area contributed by atoms with Crippen LogP contribution in [0.3, 0.4) is 0 Å². The molecule has 1 aliphatic heterocycles. The van der Waals surface area contributed by atoms with Crippen molar-refractivity contribution >= 4 is 29.4 Å². The van der Waals surface area contributed by atoms with Crippen LogP contribution in [0.5, 0.6) is 0 Å². The van der Waals surface area contributed by atoms with Crippen molar-refractivity contribution in [1.82, 2.24) is 5.32 Å². The molecular formula is C16H16ClNO6. The van der Waals surface area contributed by atoms with Crippen LogP contribution in [0.25, 0.3) is 0 Å². The summed E-state index contributed by atoms with van der Waals surface area (Å²) in [5, 5.41) is 2.85. The molecule has 24 heavy (non-hydrogen) atoms. The van der Waals surface area contributed by atoms with Crippen LogP contribution < -0.4 is 5.32 Å². The lowest BCUT2D eigenvalue weighted by molar-refractivity contribution is -0.144.